The van der Waals surface area contributed by atoms with E-state index in [4.69, 9.17) is 4.98 Å². The van der Waals surface area contributed by atoms with Crippen molar-refractivity contribution in [3.8, 4) is 0 Å². The number of aromatic nitrogens is 2. The van der Waals surface area contributed by atoms with E-state index < -0.39 is 0 Å². The number of nitrogens with zero attached hydrogens (tertiary/aromatic N) is 2. The number of imidazole rings is 1. The zero-order valence-corrected chi connectivity index (χ0v) is 13.9. The quantitative estimate of drug-likeness (QED) is 0.795. The molecule has 0 aliphatic carbocycles. The van der Waals surface area contributed by atoms with Crippen LogP contribution in [0.2, 0.25) is 0 Å². The number of hydrogen-bond donors (Lipinski definition) is 1. The highest BCUT2D eigenvalue weighted by molar-refractivity contribution is 5.75. The summed E-state index contributed by atoms with van der Waals surface area (Å²) in [7, 11) is 2.07. The number of likely N-dealkylation sites (N-methyl/N-ethyl adjacent to an activating group) is 1. The van der Waals surface area contributed by atoms with Crippen LogP contribution in [0.5, 0.6) is 0 Å². The fourth-order valence-corrected chi connectivity index (χ4v) is 2.93. The molecule has 1 N–H and O–H groups in total. The lowest BCUT2D eigenvalue weighted by Crippen LogP contribution is -2.30. The molecule has 0 spiro atoms. The minimum atomic E-state index is 0.507. The highest BCUT2D eigenvalue weighted by Crippen LogP contribution is 2.19. The van der Waals surface area contributed by atoms with Gasteiger partial charge in [0.15, 0.2) is 0 Å². The molecule has 3 nitrogen and oxygen atoms in total. The second-order valence-electron chi connectivity index (χ2n) is 6.11. The summed E-state index contributed by atoms with van der Waals surface area (Å²) >= 11 is 0. The van der Waals surface area contributed by atoms with Crippen LogP contribution in [0.4, 0.5) is 0 Å². The van der Waals surface area contributed by atoms with Crippen LogP contribution in [-0.4, -0.2) is 22.6 Å². The van der Waals surface area contributed by atoms with Crippen molar-refractivity contribution in [1.82, 2.24) is 14.9 Å². The Morgan fingerprint density at radius 2 is 2.00 bits per heavy atom. The molecule has 2 aromatic rings. The molecule has 0 bridgehead atoms. The number of aryl methyl sites for hydroxylation is 1. The highest BCUT2D eigenvalue weighted by atomic mass is 15.1. The topological polar surface area (TPSA) is 29.9 Å². The van der Waals surface area contributed by atoms with Crippen molar-refractivity contribution in [2.45, 2.75) is 59.0 Å². The van der Waals surface area contributed by atoms with E-state index in [1.54, 1.807) is 0 Å². The van der Waals surface area contributed by atoms with Crippen molar-refractivity contribution in [3.05, 3.63) is 30.1 Å². The van der Waals surface area contributed by atoms with Gasteiger partial charge in [-0.2, -0.15) is 0 Å². The summed E-state index contributed by atoms with van der Waals surface area (Å²) in [6.45, 7) is 7.88. The maximum Gasteiger partial charge on any atom is 0.111 e. The van der Waals surface area contributed by atoms with Crippen LogP contribution in [0.15, 0.2) is 24.3 Å². The Labute approximate surface area is 128 Å². The lowest BCUT2D eigenvalue weighted by Gasteiger charge is -2.20. The number of hydrogen-bond acceptors (Lipinski definition) is 2. The van der Waals surface area contributed by atoms with Gasteiger partial charge in [-0.05, 0) is 37.9 Å². The van der Waals surface area contributed by atoms with Gasteiger partial charge >= 0.3 is 0 Å². The molecule has 0 aliphatic rings. The van der Waals surface area contributed by atoms with Gasteiger partial charge in [0.1, 0.15) is 5.82 Å². The number of nitrogens with one attached hydrogen (secondary N) is 1. The molecule has 3 heteroatoms. The standard InChI is InChI=1S/C18H29N3/c1-5-11-21-17-10-8-7-9-16(17)20-18(21)13-15(19-4)12-14(3)6-2/h7-10,14-15,19H,5-6,11-13H2,1-4H3. The van der Waals surface area contributed by atoms with Gasteiger partial charge in [-0.15, -0.1) is 0 Å². The minimum Gasteiger partial charge on any atom is -0.328 e. The minimum absolute atomic E-state index is 0.507. The third-order valence-electron chi connectivity index (χ3n) is 4.40. The van der Waals surface area contributed by atoms with Crippen LogP contribution in [0.3, 0.4) is 0 Å². The van der Waals surface area contributed by atoms with Crippen LogP contribution in [0.1, 0.15) is 45.9 Å². The average molecular weight is 287 g/mol. The molecule has 1 aromatic heterocycles. The van der Waals surface area contributed by atoms with Gasteiger partial charge in [-0.25, -0.2) is 4.98 Å². The summed E-state index contributed by atoms with van der Waals surface area (Å²) in [5.74, 6) is 1.98. The fourth-order valence-electron chi connectivity index (χ4n) is 2.93. The number of fused-ring (bicyclic) bond motifs is 1. The van der Waals surface area contributed by atoms with Crippen LogP contribution in [0.25, 0.3) is 11.0 Å². The van der Waals surface area contributed by atoms with Gasteiger partial charge in [-0.1, -0.05) is 39.3 Å². The van der Waals surface area contributed by atoms with Crippen LogP contribution >= 0.6 is 0 Å². The first-order chi connectivity index (χ1) is 10.2. The van der Waals surface area contributed by atoms with Crippen molar-refractivity contribution >= 4 is 11.0 Å². The molecule has 21 heavy (non-hydrogen) atoms. The molecule has 2 rings (SSSR count). The zero-order chi connectivity index (χ0) is 15.2. The molecule has 0 radical (unpaired) electrons. The summed E-state index contributed by atoms with van der Waals surface area (Å²) in [5.41, 5.74) is 2.40. The normalized spacial score (nSPS) is 14.5. The van der Waals surface area contributed by atoms with Crippen molar-refractivity contribution in [1.29, 1.82) is 0 Å². The summed E-state index contributed by atoms with van der Waals surface area (Å²) in [6, 6.07) is 8.99. The van der Waals surface area contributed by atoms with E-state index in [-0.39, 0.29) is 0 Å². The molecular formula is C18H29N3. The SMILES string of the molecule is CCCn1c(CC(CC(C)CC)NC)nc2ccccc21. The molecule has 1 heterocycles. The smallest absolute Gasteiger partial charge is 0.111 e. The maximum atomic E-state index is 4.88. The molecule has 0 aliphatic heterocycles. The molecule has 0 amide bonds. The van der Waals surface area contributed by atoms with Gasteiger partial charge in [-0.3, -0.25) is 0 Å². The Balaban J connectivity index is 2.25. The Morgan fingerprint density at radius 1 is 1.24 bits per heavy atom. The van der Waals surface area contributed by atoms with E-state index in [2.05, 4.69) is 62.0 Å². The summed E-state index contributed by atoms with van der Waals surface area (Å²) in [4.78, 5) is 4.88. The van der Waals surface area contributed by atoms with Crippen molar-refractivity contribution in [2.75, 3.05) is 7.05 Å². The number of para-hydroxylation sites is 2. The second-order valence-corrected chi connectivity index (χ2v) is 6.11. The van der Waals surface area contributed by atoms with Gasteiger partial charge < -0.3 is 9.88 Å². The highest BCUT2D eigenvalue weighted by Gasteiger charge is 2.16. The van der Waals surface area contributed by atoms with E-state index >= 15 is 0 Å². The number of benzene rings is 1. The van der Waals surface area contributed by atoms with Gasteiger partial charge in [0.25, 0.3) is 0 Å². The largest absolute Gasteiger partial charge is 0.328 e. The Kier molecular flexibility index (Phi) is 5.80. The first-order valence-electron chi connectivity index (χ1n) is 8.30. The van der Waals surface area contributed by atoms with E-state index in [0.717, 1.165) is 30.8 Å². The third-order valence-corrected chi connectivity index (χ3v) is 4.40. The lowest BCUT2D eigenvalue weighted by molar-refractivity contribution is 0.402. The lowest BCUT2D eigenvalue weighted by atomic mass is 9.97. The first-order valence-corrected chi connectivity index (χ1v) is 8.30. The van der Waals surface area contributed by atoms with Gasteiger partial charge in [0.2, 0.25) is 0 Å². The molecule has 1 aromatic carbocycles. The predicted molar refractivity (Wildman–Crippen MR) is 90.6 cm³/mol. The third kappa shape index (κ3) is 3.85. The van der Waals surface area contributed by atoms with Crippen molar-refractivity contribution in [3.63, 3.8) is 0 Å². The van der Waals surface area contributed by atoms with E-state index in [1.165, 1.54) is 24.2 Å². The van der Waals surface area contributed by atoms with Crippen molar-refractivity contribution < 1.29 is 0 Å². The molecule has 0 saturated carbocycles. The van der Waals surface area contributed by atoms with Crippen LogP contribution < -0.4 is 5.32 Å². The molecule has 0 fully saturated rings. The molecular weight excluding hydrogens is 258 g/mol. The summed E-state index contributed by atoms with van der Waals surface area (Å²) < 4.78 is 2.40. The van der Waals surface area contributed by atoms with Crippen molar-refractivity contribution in [2.24, 2.45) is 5.92 Å². The van der Waals surface area contributed by atoms with Crippen LogP contribution in [-0.2, 0) is 13.0 Å². The van der Waals surface area contributed by atoms with Crippen LogP contribution in [0, 0.1) is 5.92 Å². The molecule has 0 saturated heterocycles. The Hall–Kier alpha value is -1.35. The van der Waals surface area contributed by atoms with E-state index in [0.29, 0.717) is 6.04 Å². The fraction of sp³-hybridized carbons (Fsp3) is 0.611. The molecule has 2 atom stereocenters. The predicted octanol–water partition coefficient (Wildman–Crippen LogP) is 4.01. The maximum absolute atomic E-state index is 4.88. The number of rotatable bonds is 8. The van der Waals surface area contributed by atoms with Gasteiger partial charge in [0, 0.05) is 19.0 Å². The second kappa shape index (κ2) is 7.60. The molecule has 2 unspecified atom stereocenters. The molecule has 116 valence electrons. The average Bonchev–Trinajstić information content (AvgIpc) is 2.84. The monoisotopic (exact) mass is 287 g/mol. The summed E-state index contributed by atoms with van der Waals surface area (Å²) in [6.07, 6.45) is 4.60. The van der Waals surface area contributed by atoms with Gasteiger partial charge in [0.05, 0.1) is 11.0 Å². The zero-order valence-electron chi connectivity index (χ0n) is 13.9. The first kappa shape index (κ1) is 16.0. The Bertz CT molecular complexity index is 559. The van der Waals surface area contributed by atoms with E-state index in [1.807, 2.05) is 0 Å². The Morgan fingerprint density at radius 3 is 2.67 bits per heavy atom. The summed E-state index contributed by atoms with van der Waals surface area (Å²) in [5, 5.41) is 3.48. The van der Waals surface area contributed by atoms with E-state index in [9.17, 15) is 0 Å².